The van der Waals surface area contributed by atoms with Crippen LogP contribution in [-0.4, -0.2) is 17.0 Å². The molecule has 0 aliphatic carbocycles. The van der Waals surface area contributed by atoms with E-state index in [1.807, 2.05) is 48.5 Å². The van der Waals surface area contributed by atoms with Gasteiger partial charge < -0.3 is 10.1 Å². The number of hydroxylamine groups is 1. The summed E-state index contributed by atoms with van der Waals surface area (Å²) in [4.78, 5) is 23.9. The Bertz CT molecular complexity index is 1040. The number of hydrogen-bond acceptors (Lipinski definition) is 4. The van der Waals surface area contributed by atoms with Gasteiger partial charge in [0.2, 0.25) is 5.91 Å². The van der Waals surface area contributed by atoms with Gasteiger partial charge in [0.25, 0.3) is 5.91 Å². The summed E-state index contributed by atoms with van der Waals surface area (Å²) in [5.74, 6) is 0.474. The highest BCUT2D eigenvalue weighted by Crippen LogP contribution is 2.38. The lowest BCUT2D eigenvalue weighted by atomic mass is 10.0. The first-order valence-corrected chi connectivity index (χ1v) is 8.85. The minimum absolute atomic E-state index is 0.111. The van der Waals surface area contributed by atoms with Gasteiger partial charge >= 0.3 is 0 Å². The third-order valence-corrected chi connectivity index (χ3v) is 4.61. The van der Waals surface area contributed by atoms with Crippen LogP contribution >= 0.6 is 0 Å². The number of benzene rings is 3. The van der Waals surface area contributed by atoms with Crippen molar-refractivity contribution in [3.8, 4) is 11.5 Å². The number of hydrogen-bond donors (Lipinski definition) is 3. The van der Waals surface area contributed by atoms with Gasteiger partial charge in [0.05, 0.1) is 17.7 Å². The Balaban J connectivity index is 1.60. The topological polar surface area (TPSA) is 87.7 Å². The number of carbonyl (C=O) groups excluding carboxylic acids is 2. The standard InChI is InChI=1S/C22H18N2O4/c25-20(24-27)13-15-10-8-14(9-11-15)12-16-4-3-7-19-21(16)23-22(26)17-5-1-2-6-18(17)28-19/h1-11,27H,12-13H2,(H,23,26)(H,24,25). The van der Waals surface area contributed by atoms with E-state index in [-0.39, 0.29) is 12.3 Å². The molecule has 1 aliphatic rings. The van der Waals surface area contributed by atoms with Crippen LogP contribution in [0.2, 0.25) is 0 Å². The van der Waals surface area contributed by atoms with Gasteiger partial charge in [-0.05, 0) is 41.3 Å². The number of carbonyl (C=O) groups is 2. The molecule has 3 aromatic carbocycles. The summed E-state index contributed by atoms with van der Waals surface area (Å²) in [6, 6.07) is 20.4. The molecule has 3 N–H and O–H groups in total. The van der Waals surface area contributed by atoms with Gasteiger partial charge in [-0.15, -0.1) is 0 Å². The summed E-state index contributed by atoms with van der Waals surface area (Å²) in [5.41, 5.74) is 5.54. The fraction of sp³-hybridized carbons (Fsp3) is 0.0909. The maximum atomic E-state index is 12.6. The molecule has 0 radical (unpaired) electrons. The highest BCUT2D eigenvalue weighted by atomic mass is 16.5. The molecule has 0 aromatic heterocycles. The summed E-state index contributed by atoms with van der Waals surface area (Å²) >= 11 is 0. The summed E-state index contributed by atoms with van der Waals surface area (Å²) in [5, 5.41) is 11.6. The second-order valence-corrected chi connectivity index (χ2v) is 6.55. The minimum atomic E-state index is -0.458. The van der Waals surface area contributed by atoms with Crippen molar-refractivity contribution < 1.29 is 19.5 Å². The van der Waals surface area contributed by atoms with Gasteiger partial charge in [0.15, 0.2) is 5.75 Å². The quantitative estimate of drug-likeness (QED) is 0.480. The molecule has 0 bridgehead atoms. The van der Waals surface area contributed by atoms with E-state index in [2.05, 4.69) is 5.32 Å². The monoisotopic (exact) mass is 374 g/mol. The number of para-hydroxylation sites is 2. The number of rotatable bonds is 4. The molecule has 2 amide bonds. The fourth-order valence-corrected chi connectivity index (χ4v) is 3.21. The van der Waals surface area contributed by atoms with E-state index in [1.54, 1.807) is 23.7 Å². The Morgan fingerprint density at radius 2 is 1.64 bits per heavy atom. The highest BCUT2D eigenvalue weighted by Gasteiger charge is 2.22. The average molecular weight is 374 g/mol. The maximum Gasteiger partial charge on any atom is 0.259 e. The first-order valence-electron chi connectivity index (χ1n) is 8.85. The first kappa shape index (κ1) is 17.8. The van der Waals surface area contributed by atoms with E-state index in [0.29, 0.717) is 29.2 Å². The highest BCUT2D eigenvalue weighted by molar-refractivity contribution is 6.08. The van der Waals surface area contributed by atoms with Crippen LogP contribution < -0.4 is 15.5 Å². The predicted octanol–water partition coefficient (Wildman–Crippen LogP) is 3.68. The molecule has 6 nitrogen and oxygen atoms in total. The molecule has 140 valence electrons. The number of amides is 2. The normalized spacial score (nSPS) is 12.1. The van der Waals surface area contributed by atoms with E-state index < -0.39 is 5.91 Å². The number of nitrogens with one attached hydrogen (secondary N) is 2. The largest absolute Gasteiger partial charge is 0.454 e. The zero-order valence-corrected chi connectivity index (χ0v) is 14.9. The molecule has 6 heteroatoms. The summed E-state index contributed by atoms with van der Waals surface area (Å²) in [6.45, 7) is 0. The summed E-state index contributed by atoms with van der Waals surface area (Å²) < 4.78 is 5.97. The van der Waals surface area contributed by atoms with E-state index in [1.165, 1.54) is 0 Å². The Kier molecular flexibility index (Phi) is 4.78. The molecule has 1 aliphatic heterocycles. The lowest BCUT2D eigenvalue weighted by molar-refractivity contribution is -0.128. The van der Waals surface area contributed by atoms with Gasteiger partial charge in [-0.1, -0.05) is 48.5 Å². The molecule has 1 heterocycles. The van der Waals surface area contributed by atoms with Gasteiger partial charge in [0, 0.05) is 0 Å². The SMILES string of the molecule is O=C(Cc1ccc(Cc2cccc3c2NC(=O)c2ccccc2O3)cc1)NO. The summed E-state index contributed by atoms with van der Waals surface area (Å²) in [7, 11) is 0. The van der Waals surface area contributed by atoms with Crippen LogP contribution in [0.25, 0.3) is 0 Å². The van der Waals surface area contributed by atoms with Crippen LogP contribution in [0, 0.1) is 0 Å². The van der Waals surface area contributed by atoms with Crippen molar-refractivity contribution in [3.05, 3.63) is 89.0 Å². The van der Waals surface area contributed by atoms with Crippen LogP contribution in [0.1, 0.15) is 27.0 Å². The zero-order valence-electron chi connectivity index (χ0n) is 14.9. The van der Waals surface area contributed by atoms with Crippen molar-refractivity contribution in [1.82, 2.24) is 5.48 Å². The minimum Gasteiger partial charge on any atom is -0.454 e. The lowest BCUT2D eigenvalue weighted by Gasteiger charge is -2.13. The second-order valence-electron chi connectivity index (χ2n) is 6.55. The molecule has 3 aromatic rings. The Morgan fingerprint density at radius 3 is 2.43 bits per heavy atom. The van der Waals surface area contributed by atoms with E-state index in [9.17, 15) is 9.59 Å². The molecule has 0 fully saturated rings. The Hall–Kier alpha value is -3.64. The molecule has 0 saturated heterocycles. The van der Waals surface area contributed by atoms with Gasteiger partial charge in [-0.2, -0.15) is 0 Å². The Labute approximate surface area is 161 Å². The predicted molar refractivity (Wildman–Crippen MR) is 104 cm³/mol. The molecule has 0 atom stereocenters. The molecular formula is C22H18N2O4. The van der Waals surface area contributed by atoms with E-state index in [0.717, 1.165) is 16.7 Å². The second kappa shape index (κ2) is 7.54. The number of fused-ring (bicyclic) bond motifs is 2. The van der Waals surface area contributed by atoms with Crippen LogP contribution in [-0.2, 0) is 17.6 Å². The van der Waals surface area contributed by atoms with Crippen molar-refractivity contribution in [2.75, 3.05) is 5.32 Å². The van der Waals surface area contributed by atoms with Crippen molar-refractivity contribution in [2.24, 2.45) is 0 Å². The number of ether oxygens (including phenoxy) is 1. The summed E-state index contributed by atoms with van der Waals surface area (Å²) in [6.07, 6.45) is 0.704. The fourth-order valence-electron chi connectivity index (χ4n) is 3.21. The first-order chi connectivity index (χ1) is 13.6. The molecule has 0 saturated carbocycles. The van der Waals surface area contributed by atoms with Crippen LogP contribution in [0.4, 0.5) is 5.69 Å². The van der Waals surface area contributed by atoms with Crippen LogP contribution in [0.3, 0.4) is 0 Å². The Morgan fingerprint density at radius 1 is 0.929 bits per heavy atom. The van der Waals surface area contributed by atoms with E-state index in [4.69, 9.17) is 9.94 Å². The lowest BCUT2D eigenvalue weighted by Crippen LogP contribution is -2.20. The van der Waals surface area contributed by atoms with Crippen molar-refractivity contribution in [3.63, 3.8) is 0 Å². The third kappa shape index (κ3) is 3.58. The van der Waals surface area contributed by atoms with Crippen molar-refractivity contribution >= 4 is 17.5 Å². The van der Waals surface area contributed by atoms with Crippen molar-refractivity contribution in [1.29, 1.82) is 0 Å². The average Bonchev–Trinajstić information content (AvgIpc) is 2.86. The van der Waals surface area contributed by atoms with E-state index >= 15 is 0 Å². The molecule has 4 rings (SSSR count). The van der Waals surface area contributed by atoms with Gasteiger partial charge in [0.1, 0.15) is 5.75 Å². The van der Waals surface area contributed by atoms with Gasteiger partial charge in [-0.3, -0.25) is 14.8 Å². The smallest absolute Gasteiger partial charge is 0.259 e. The number of anilines is 1. The van der Waals surface area contributed by atoms with Gasteiger partial charge in [-0.25, -0.2) is 5.48 Å². The molecule has 28 heavy (non-hydrogen) atoms. The molecule has 0 spiro atoms. The maximum absolute atomic E-state index is 12.6. The zero-order chi connectivity index (χ0) is 19.5. The molecular weight excluding hydrogens is 356 g/mol. The van der Waals surface area contributed by atoms with Crippen LogP contribution in [0.15, 0.2) is 66.7 Å². The molecule has 0 unspecified atom stereocenters. The third-order valence-electron chi connectivity index (χ3n) is 4.61. The van der Waals surface area contributed by atoms with Crippen molar-refractivity contribution in [2.45, 2.75) is 12.8 Å². The van der Waals surface area contributed by atoms with Crippen LogP contribution in [0.5, 0.6) is 11.5 Å².